The van der Waals surface area contributed by atoms with Gasteiger partial charge in [-0.1, -0.05) is 0 Å². The number of halogens is 1. The van der Waals surface area contributed by atoms with E-state index in [1.54, 1.807) is 24.1 Å². The molecule has 8 nitrogen and oxygen atoms in total. The van der Waals surface area contributed by atoms with Gasteiger partial charge < -0.3 is 15.0 Å². The third-order valence-electron chi connectivity index (χ3n) is 5.22. The molecule has 0 aliphatic carbocycles. The molecule has 29 heavy (non-hydrogen) atoms. The first-order chi connectivity index (χ1) is 14.0. The third kappa shape index (κ3) is 4.59. The molecule has 0 atom stereocenters. The number of likely N-dealkylation sites (tertiary alicyclic amines) is 1. The summed E-state index contributed by atoms with van der Waals surface area (Å²) in [6.07, 6.45) is 1.84. The predicted octanol–water partition coefficient (Wildman–Crippen LogP) is 1.28. The van der Waals surface area contributed by atoms with Crippen molar-refractivity contribution in [1.29, 1.82) is 0 Å². The summed E-state index contributed by atoms with van der Waals surface area (Å²) in [5.41, 5.74) is 0.973. The minimum Gasteiger partial charge on any atom is -0.385 e. The van der Waals surface area contributed by atoms with E-state index in [0.29, 0.717) is 50.1 Å². The minimum atomic E-state index is -0.377. The van der Waals surface area contributed by atoms with E-state index in [2.05, 4.69) is 5.32 Å². The van der Waals surface area contributed by atoms with Crippen LogP contribution in [-0.2, 0) is 9.53 Å². The lowest BCUT2D eigenvalue weighted by Gasteiger charge is -2.32. The fraction of sp³-hybridized carbons (Fsp3) is 0.500. The number of methoxy groups -OCH3 is 1. The molecule has 2 aliphatic rings. The fourth-order valence-electron chi connectivity index (χ4n) is 3.67. The van der Waals surface area contributed by atoms with E-state index >= 15 is 0 Å². The smallest absolute Gasteiger partial charge is 0.261 e. The van der Waals surface area contributed by atoms with Crippen LogP contribution in [0.15, 0.2) is 18.2 Å². The van der Waals surface area contributed by atoms with Gasteiger partial charge in [-0.15, -0.1) is 11.6 Å². The second-order valence-corrected chi connectivity index (χ2v) is 7.40. The first-order valence-electron chi connectivity index (χ1n) is 9.60. The van der Waals surface area contributed by atoms with Crippen LogP contribution in [0.1, 0.15) is 50.3 Å². The van der Waals surface area contributed by atoms with E-state index < -0.39 is 0 Å². The van der Waals surface area contributed by atoms with E-state index in [0.717, 1.165) is 0 Å². The van der Waals surface area contributed by atoms with Crippen molar-refractivity contribution >= 4 is 35.2 Å². The summed E-state index contributed by atoms with van der Waals surface area (Å²) in [4.78, 5) is 52.2. The zero-order valence-electron chi connectivity index (χ0n) is 16.3. The van der Waals surface area contributed by atoms with E-state index in [-0.39, 0.29) is 47.7 Å². The van der Waals surface area contributed by atoms with Gasteiger partial charge >= 0.3 is 0 Å². The topological polar surface area (TPSA) is 96.0 Å². The maximum absolute atomic E-state index is 12.9. The molecule has 156 valence electrons. The van der Waals surface area contributed by atoms with Crippen molar-refractivity contribution in [3.8, 4) is 0 Å². The lowest BCUT2D eigenvalue weighted by molar-refractivity contribution is -0.119. The number of nitrogens with one attached hydrogen (secondary N) is 1. The number of amides is 4. The van der Waals surface area contributed by atoms with Crippen LogP contribution in [0.25, 0.3) is 0 Å². The Balaban J connectivity index is 1.65. The van der Waals surface area contributed by atoms with Gasteiger partial charge in [0, 0.05) is 45.0 Å². The number of nitrogens with zero attached hydrogens (tertiary/aromatic N) is 2. The van der Waals surface area contributed by atoms with Crippen LogP contribution in [0.4, 0.5) is 0 Å². The van der Waals surface area contributed by atoms with Crippen molar-refractivity contribution in [3.63, 3.8) is 0 Å². The maximum atomic E-state index is 12.9. The van der Waals surface area contributed by atoms with Gasteiger partial charge in [-0.25, -0.2) is 0 Å². The predicted molar refractivity (Wildman–Crippen MR) is 106 cm³/mol. The average molecular weight is 422 g/mol. The Kier molecular flexibility index (Phi) is 6.87. The van der Waals surface area contributed by atoms with Crippen molar-refractivity contribution < 1.29 is 23.9 Å². The average Bonchev–Trinajstić information content (AvgIpc) is 2.98. The van der Waals surface area contributed by atoms with Crippen LogP contribution in [0, 0.1) is 0 Å². The lowest BCUT2D eigenvalue weighted by atomic mass is 10.0. The summed E-state index contributed by atoms with van der Waals surface area (Å²) < 4.78 is 4.97. The summed E-state index contributed by atoms with van der Waals surface area (Å²) in [6, 6.07) is 4.65. The first kappa shape index (κ1) is 21.3. The molecule has 1 saturated heterocycles. The zero-order chi connectivity index (χ0) is 21.0. The Morgan fingerprint density at radius 2 is 1.86 bits per heavy atom. The van der Waals surface area contributed by atoms with Crippen molar-refractivity contribution in [2.75, 3.05) is 39.2 Å². The van der Waals surface area contributed by atoms with Gasteiger partial charge in [0.05, 0.1) is 11.1 Å². The Labute approximate surface area is 174 Å². The molecule has 1 aromatic carbocycles. The highest BCUT2D eigenvalue weighted by Gasteiger charge is 2.36. The Morgan fingerprint density at radius 3 is 2.52 bits per heavy atom. The van der Waals surface area contributed by atoms with Gasteiger partial charge in [-0.3, -0.25) is 24.1 Å². The normalized spacial score (nSPS) is 16.9. The summed E-state index contributed by atoms with van der Waals surface area (Å²) in [5.74, 6) is -1.20. The Hall–Kier alpha value is -2.45. The fourth-order valence-corrected chi connectivity index (χ4v) is 3.75. The molecule has 1 aromatic rings. The first-order valence-corrected chi connectivity index (χ1v) is 10.1. The Morgan fingerprint density at radius 1 is 1.17 bits per heavy atom. The van der Waals surface area contributed by atoms with Gasteiger partial charge in [-0.05, 0) is 37.5 Å². The van der Waals surface area contributed by atoms with Crippen LogP contribution < -0.4 is 5.32 Å². The lowest BCUT2D eigenvalue weighted by Crippen LogP contribution is -2.46. The van der Waals surface area contributed by atoms with E-state index in [4.69, 9.17) is 16.3 Å². The highest BCUT2D eigenvalue weighted by atomic mass is 35.5. The second kappa shape index (κ2) is 9.37. The second-order valence-electron chi connectivity index (χ2n) is 7.14. The number of carbonyl (C=O) groups is 4. The van der Waals surface area contributed by atoms with Gasteiger partial charge in [0.15, 0.2) is 0 Å². The molecule has 0 spiro atoms. The van der Waals surface area contributed by atoms with Crippen LogP contribution in [0.2, 0.25) is 0 Å². The Bertz CT molecular complexity index is 820. The molecule has 0 radical (unpaired) electrons. The molecule has 1 N–H and O–H groups in total. The molecular weight excluding hydrogens is 398 g/mol. The summed E-state index contributed by atoms with van der Waals surface area (Å²) in [5, 5.41) is 2.83. The SMILES string of the molecule is COCCCN1C(=O)c2ccc(C(=O)N3CCC(NC(=O)CCl)CC3)cc2C1=O. The zero-order valence-corrected chi connectivity index (χ0v) is 17.0. The van der Waals surface area contributed by atoms with Crippen molar-refractivity contribution in [3.05, 3.63) is 34.9 Å². The monoisotopic (exact) mass is 421 g/mol. The van der Waals surface area contributed by atoms with Crippen molar-refractivity contribution in [2.24, 2.45) is 0 Å². The van der Waals surface area contributed by atoms with Gasteiger partial charge in [0.25, 0.3) is 17.7 Å². The van der Waals surface area contributed by atoms with Crippen molar-refractivity contribution in [1.82, 2.24) is 15.1 Å². The summed E-state index contributed by atoms with van der Waals surface area (Å²) in [6.45, 7) is 1.74. The number of rotatable bonds is 7. The standard InChI is InChI=1S/C20H24ClN3O5/c1-29-10-2-7-24-19(27)15-4-3-13(11-16(15)20(24)28)18(26)23-8-5-14(6-9-23)22-17(25)12-21/h3-4,11,14H,2,5-10,12H2,1H3,(H,22,25). The van der Waals surface area contributed by atoms with Gasteiger partial charge in [-0.2, -0.15) is 0 Å². The number of hydrogen-bond donors (Lipinski definition) is 1. The number of carbonyl (C=O) groups excluding carboxylic acids is 4. The minimum absolute atomic E-state index is 0.00479. The van der Waals surface area contributed by atoms with Crippen LogP contribution in [-0.4, -0.2) is 78.7 Å². The summed E-state index contributed by atoms with van der Waals surface area (Å²) >= 11 is 5.51. The molecule has 9 heteroatoms. The highest BCUT2D eigenvalue weighted by Crippen LogP contribution is 2.25. The van der Waals surface area contributed by atoms with Gasteiger partial charge in [0.2, 0.25) is 5.91 Å². The molecule has 3 rings (SSSR count). The molecule has 0 aromatic heterocycles. The van der Waals surface area contributed by atoms with E-state index in [1.807, 2.05) is 0 Å². The number of fused-ring (bicyclic) bond motifs is 1. The number of benzene rings is 1. The van der Waals surface area contributed by atoms with Crippen LogP contribution in [0.5, 0.6) is 0 Å². The molecule has 0 unspecified atom stereocenters. The number of alkyl halides is 1. The molecule has 1 fully saturated rings. The summed E-state index contributed by atoms with van der Waals surface area (Å²) in [7, 11) is 1.56. The number of hydrogen-bond acceptors (Lipinski definition) is 5. The molecule has 0 saturated carbocycles. The number of imide groups is 1. The molecule has 2 aliphatic heterocycles. The van der Waals surface area contributed by atoms with Crippen molar-refractivity contribution in [2.45, 2.75) is 25.3 Å². The number of ether oxygens (including phenoxy) is 1. The van der Waals surface area contributed by atoms with Crippen LogP contribution >= 0.6 is 11.6 Å². The molecule has 2 heterocycles. The van der Waals surface area contributed by atoms with Crippen LogP contribution in [0.3, 0.4) is 0 Å². The van der Waals surface area contributed by atoms with Gasteiger partial charge in [0.1, 0.15) is 5.88 Å². The van der Waals surface area contributed by atoms with E-state index in [9.17, 15) is 19.2 Å². The maximum Gasteiger partial charge on any atom is 0.261 e. The quantitative estimate of drug-likeness (QED) is 0.406. The largest absolute Gasteiger partial charge is 0.385 e. The number of piperidine rings is 1. The van der Waals surface area contributed by atoms with E-state index in [1.165, 1.54) is 11.0 Å². The molecule has 0 bridgehead atoms. The highest BCUT2D eigenvalue weighted by molar-refractivity contribution is 6.27. The third-order valence-corrected chi connectivity index (χ3v) is 5.46. The molecular formula is C20H24ClN3O5. The molecule has 4 amide bonds.